The first-order valence-electron chi connectivity index (χ1n) is 8.21. The summed E-state index contributed by atoms with van der Waals surface area (Å²) in [6.07, 6.45) is 4.62. The van der Waals surface area contributed by atoms with E-state index in [0.717, 1.165) is 32.5 Å². The molecule has 3 aliphatic heterocycles. The van der Waals surface area contributed by atoms with Crippen LogP contribution in [0.25, 0.3) is 11.1 Å². The van der Waals surface area contributed by atoms with Crippen LogP contribution in [-0.4, -0.2) is 36.7 Å². The summed E-state index contributed by atoms with van der Waals surface area (Å²) < 4.78 is 24.2. The molecule has 126 valence electrons. The minimum absolute atomic E-state index is 0.0645. The Morgan fingerprint density at radius 3 is 2.79 bits per heavy atom. The topological polar surface area (TPSA) is 54.7 Å². The predicted octanol–water partition coefficient (Wildman–Crippen LogP) is 3.73. The van der Waals surface area contributed by atoms with Crippen molar-refractivity contribution in [3.05, 3.63) is 42.6 Å². The van der Waals surface area contributed by atoms with Crippen molar-refractivity contribution in [3.63, 3.8) is 0 Å². The van der Waals surface area contributed by atoms with Crippen molar-refractivity contribution >= 4 is 11.8 Å². The smallest absolute Gasteiger partial charge is 0.411 e. The van der Waals surface area contributed by atoms with Crippen molar-refractivity contribution in [1.82, 2.24) is 4.90 Å². The van der Waals surface area contributed by atoms with Crippen LogP contribution in [0.1, 0.15) is 12.8 Å². The first-order chi connectivity index (χ1) is 11.7. The number of nitrogens with zero attached hydrogens (tertiary/aromatic N) is 1. The Morgan fingerprint density at radius 1 is 1.29 bits per heavy atom. The van der Waals surface area contributed by atoms with E-state index in [-0.39, 0.29) is 11.9 Å². The molecule has 2 bridgehead atoms. The second-order valence-electron chi connectivity index (χ2n) is 6.41. The van der Waals surface area contributed by atoms with Gasteiger partial charge in [-0.2, -0.15) is 0 Å². The molecule has 1 aromatic heterocycles. The third-order valence-corrected chi connectivity index (χ3v) is 4.91. The molecule has 2 aromatic rings. The number of carbonyl (C=O) groups is 1. The summed E-state index contributed by atoms with van der Waals surface area (Å²) >= 11 is 0. The fourth-order valence-electron chi connectivity index (χ4n) is 3.60. The van der Waals surface area contributed by atoms with Gasteiger partial charge in [0.1, 0.15) is 11.9 Å². The van der Waals surface area contributed by atoms with Gasteiger partial charge >= 0.3 is 6.09 Å². The number of piperidine rings is 3. The van der Waals surface area contributed by atoms with E-state index in [0.29, 0.717) is 22.7 Å². The highest BCUT2D eigenvalue weighted by molar-refractivity contribution is 5.91. The van der Waals surface area contributed by atoms with Gasteiger partial charge in [-0.15, -0.1) is 0 Å². The molecular formula is C18H19FN2O3. The normalized spacial score (nSPS) is 25.5. The number of fused-ring (bicyclic) bond motifs is 3. The van der Waals surface area contributed by atoms with Crippen LogP contribution in [0.4, 0.5) is 14.9 Å². The second kappa shape index (κ2) is 6.28. The number of nitrogens with one attached hydrogen (secondary N) is 1. The van der Waals surface area contributed by atoms with Crippen LogP contribution in [0.5, 0.6) is 0 Å². The van der Waals surface area contributed by atoms with Crippen molar-refractivity contribution in [1.29, 1.82) is 0 Å². The number of halogens is 1. The molecule has 1 atom stereocenters. The zero-order chi connectivity index (χ0) is 16.5. The molecule has 0 spiro atoms. The number of anilines is 1. The molecule has 1 amide bonds. The summed E-state index contributed by atoms with van der Waals surface area (Å²) in [5.74, 6) is 0.0739. The number of carbonyl (C=O) groups excluding carboxylic acids is 1. The minimum atomic E-state index is -0.495. The summed E-state index contributed by atoms with van der Waals surface area (Å²) in [7, 11) is 0. The fraction of sp³-hybridized carbons (Fsp3) is 0.389. The Bertz CT molecular complexity index is 724. The van der Waals surface area contributed by atoms with Gasteiger partial charge in [0.15, 0.2) is 0 Å². The lowest BCUT2D eigenvalue weighted by Crippen LogP contribution is -2.52. The van der Waals surface area contributed by atoms with Gasteiger partial charge in [-0.3, -0.25) is 10.2 Å². The van der Waals surface area contributed by atoms with E-state index in [1.807, 2.05) is 0 Å². The predicted molar refractivity (Wildman–Crippen MR) is 87.2 cm³/mol. The van der Waals surface area contributed by atoms with Crippen LogP contribution >= 0.6 is 0 Å². The van der Waals surface area contributed by atoms with Crippen molar-refractivity contribution in [2.24, 2.45) is 5.92 Å². The van der Waals surface area contributed by atoms with Gasteiger partial charge < -0.3 is 9.15 Å². The Kier molecular flexibility index (Phi) is 3.98. The molecule has 0 saturated carbocycles. The number of ether oxygens (including phenoxy) is 1. The summed E-state index contributed by atoms with van der Waals surface area (Å²) in [4.78, 5) is 14.6. The standard InChI is InChI=1S/C18H19FN2O3/c19-14-1-2-16(15(9-14)13-5-8-23-11-13)20-18(22)24-17-10-21-6-3-12(17)4-7-21/h1-2,5,8-9,11-12,17H,3-4,6-7,10H2,(H,20,22). The number of hydrogen-bond acceptors (Lipinski definition) is 4. The van der Waals surface area contributed by atoms with Crippen LogP contribution in [0, 0.1) is 11.7 Å². The maximum atomic E-state index is 13.6. The molecule has 1 unspecified atom stereocenters. The van der Waals surface area contributed by atoms with E-state index >= 15 is 0 Å². The maximum Gasteiger partial charge on any atom is 0.411 e. The van der Waals surface area contributed by atoms with Crippen LogP contribution in [-0.2, 0) is 4.74 Å². The van der Waals surface area contributed by atoms with Crippen molar-refractivity contribution < 1.29 is 18.3 Å². The molecule has 3 aliphatic rings. The monoisotopic (exact) mass is 330 g/mol. The molecule has 5 nitrogen and oxygen atoms in total. The second-order valence-corrected chi connectivity index (χ2v) is 6.41. The van der Waals surface area contributed by atoms with E-state index in [4.69, 9.17) is 9.15 Å². The van der Waals surface area contributed by atoms with Crippen LogP contribution in [0.3, 0.4) is 0 Å². The fourth-order valence-corrected chi connectivity index (χ4v) is 3.60. The maximum absolute atomic E-state index is 13.6. The average Bonchev–Trinajstić information content (AvgIpc) is 3.12. The Hall–Kier alpha value is -2.34. The van der Waals surface area contributed by atoms with Gasteiger partial charge in [0.25, 0.3) is 0 Å². The van der Waals surface area contributed by atoms with E-state index in [2.05, 4.69) is 10.2 Å². The molecule has 5 rings (SSSR count). The first-order valence-corrected chi connectivity index (χ1v) is 8.21. The van der Waals surface area contributed by atoms with Gasteiger partial charge in [-0.25, -0.2) is 9.18 Å². The third-order valence-electron chi connectivity index (χ3n) is 4.91. The van der Waals surface area contributed by atoms with Crippen molar-refractivity contribution in [2.45, 2.75) is 18.9 Å². The van der Waals surface area contributed by atoms with E-state index in [1.54, 1.807) is 6.07 Å². The molecule has 24 heavy (non-hydrogen) atoms. The molecule has 0 radical (unpaired) electrons. The van der Waals surface area contributed by atoms with Gasteiger partial charge in [-0.05, 0) is 56.1 Å². The van der Waals surface area contributed by atoms with E-state index in [1.165, 1.54) is 30.7 Å². The average molecular weight is 330 g/mol. The van der Waals surface area contributed by atoms with Crippen molar-refractivity contribution in [3.8, 4) is 11.1 Å². The van der Waals surface area contributed by atoms with Gasteiger partial charge in [0.05, 0.1) is 18.2 Å². The van der Waals surface area contributed by atoms with Gasteiger partial charge in [0.2, 0.25) is 0 Å². The number of rotatable bonds is 3. The molecule has 1 aromatic carbocycles. The number of furan rings is 1. The highest BCUT2D eigenvalue weighted by atomic mass is 19.1. The summed E-state index contributed by atoms with van der Waals surface area (Å²) in [6.45, 7) is 2.99. The molecule has 4 heterocycles. The third kappa shape index (κ3) is 3.01. The zero-order valence-electron chi connectivity index (χ0n) is 13.2. The lowest BCUT2D eigenvalue weighted by Gasteiger charge is -2.43. The van der Waals surface area contributed by atoms with Crippen molar-refractivity contribution in [2.75, 3.05) is 25.0 Å². The molecule has 3 saturated heterocycles. The highest BCUT2D eigenvalue weighted by Crippen LogP contribution is 2.31. The number of amides is 1. The minimum Gasteiger partial charge on any atom is -0.472 e. The van der Waals surface area contributed by atoms with E-state index in [9.17, 15) is 9.18 Å². The molecule has 3 fully saturated rings. The Morgan fingerprint density at radius 2 is 2.12 bits per heavy atom. The van der Waals surface area contributed by atoms with Crippen LogP contribution in [0.2, 0.25) is 0 Å². The Labute approximate surface area is 139 Å². The largest absolute Gasteiger partial charge is 0.472 e. The number of benzene rings is 1. The lowest BCUT2D eigenvalue weighted by atomic mass is 9.86. The van der Waals surface area contributed by atoms with Crippen LogP contribution in [0.15, 0.2) is 41.2 Å². The molecule has 6 heteroatoms. The summed E-state index contributed by atoms with van der Waals surface area (Å²) in [5.41, 5.74) is 1.77. The SMILES string of the molecule is O=C(Nc1ccc(F)cc1-c1ccoc1)OC1CN2CCC1CC2. The summed E-state index contributed by atoms with van der Waals surface area (Å²) in [5, 5.41) is 2.74. The van der Waals surface area contributed by atoms with Crippen LogP contribution < -0.4 is 5.32 Å². The Balaban J connectivity index is 1.48. The quantitative estimate of drug-likeness (QED) is 0.932. The van der Waals surface area contributed by atoms with Gasteiger partial charge in [0, 0.05) is 17.7 Å². The van der Waals surface area contributed by atoms with Gasteiger partial charge in [-0.1, -0.05) is 0 Å². The zero-order valence-corrected chi connectivity index (χ0v) is 13.2. The number of hydrogen-bond donors (Lipinski definition) is 1. The summed E-state index contributed by atoms with van der Waals surface area (Å²) in [6, 6.07) is 5.94. The highest BCUT2D eigenvalue weighted by Gasteiger charge is 2.36. The molecule has 1 N–H and O–H groups in total. The van der Waals surface area contributed by atoms with E-state index < -0.39 is 6.09 Å². The first kappa shape index (κ1) is 15.2. The lowest BCUT2D eigenvalue weighted by molar-refractivity contribution is -0.0289. The molecular weight excluding hydrogens is 311 g/mol. The molecule has 0 aliphatic carbocycles.